The average Bonchev–Trinajstić information content (AvgIpc) is 2.39. The highest BCUT2D eigenvalue weighted by molar-refractivity contribution is 5.76. The number of unbranched alkanes of at least 4 members (excludes halogenated alkanes) is 8. The van der Waals surface area contributed by atoms with Crippen molar-refractivity contribution in [2.45, 2.75) is 84.0 Å². The zero-order valence-corrected chi connectivity index (χ0v) is 12.3. The number of rotatable bonds is 10. The van der Waals surface area contributed by atoms with Crippen LogP contribution in [0.1, 0.15) is 84.0 Å². The van der Waals surface area contributed by atoms with Crippen LogP contribution in [0.4, 0.5) is 0 Å². The fraction of sp³-hybridized carbons (Fsp3) is 0.938. The van der Waals surface area contributed by atoms with E-state index in [9.17, 15) is 4.79 Å². The van der Waals surface area contributed by atoms with E-state index in [-0.39, 0.29) is 0 Å². The first-order chi connectivity index (χ1) is 8.84. The summed E-state index contributed by atoms with van der Waals surface area (Å²) in [4.78, 5) is 13.7. The molecule has 1 aliphatic heterocycles. The van der Waals surface area contributed by atoms with Crippen LogP contribution >= 0.6 is 0 Å². The second kappa shape index (κ2) is 10.4. The molecular formula is C16H31NO. The van der Waals surface area contributed by atoms with Crippen molar-refractivity contribution < 1.29 is 4.79 Å². The number of carbonyl (C=O) groups is 1. The number of hydrogen-bond donors (Lipinski definition) is 0. The largest absolute Gasteiger partial charge is 0.343 e. The summed E-state index contributed by atoms with van der Waals surface area (Å²) < 4.78 is 0. The van der Waals surface area contributed by atoms with Crippen LogP contribution in [0, 0.1) is 0 Å². The molecule has 1 saturated heterocycles. The molecule has 0 radical (unpaired) electrons. The first-order valence-electron chi connectivity index (χ1n) is 8.12. The Balaban J connectivity index is 1.84. The highest BCUT2D eigenvalue weighted by Gasteiger charge is 2.16. The average molecular weight is 253 g/mol. The van der Waals surface area contributed by atoms with E-state index in [0.29, 0.717) is 5.91 Å². The summed E-state index contributed by atoms with van der Waals surface area (Å²) in [6, 6.07) is 0. The standard InChI is InChI=1S/C16H31NO/c1-2-3-4-5-6-7-8-9-11-14-17-15-12-10-13-16(17)18/h2-15H2,1H3. The molecule has 0 aromatic rings. The molecule has 0 N–H and O–H groups in total. The molecular weight excluding hydrogens is 222 g/mol. The fourth-order valence-corrected chi connectivity index (χ4v) is 2.71. The molecule has 2 heteroatoms. The summed E-state index contributed by atoms with van der Waals surface area (Å²) in [5.41, 5.74) is 0. The Hall–Kier alpha value is -0.530. The molecule has 1 heterocycles. The molecule has 0 aromatic heterocycles. The van der Waals surface area contributed by atoms with Crippen molar-refractivity contribution in [2.24, 2.45) is 0 Å². The Bertz CT molecular complexity index is 215. The second-order valence-electron chi connectivity index (χ2n) is 5.67. The molecule has 0 aromatic carbocycles. The second-order valence-corrected chi connectivity index (χ2v) is 5.67. The minimum atomic E-state index is 0.390. The molecule has 1 amide bonds. The van der Waals surface area contributed by atoms with E-state index in [2.05, 4.69) is 11.8 Å². The molecule has 106 valence electrons. The number of likely N-dealkylation sites (tertiary alicyclic amines) is 1. The summed E-state index contributed by atoms with van der Waals surface area (Å²) in [6.07, 6.45) is 15.3. The van der Waals surface area contributed by atoms with E-state index in [4.69, 9.17) is 0 Å². The van der Waals surface area contributed by atoms with Gasteiger partial charge in [-0.3, -0.25) is 4.79 Å². The Morgan fingerprint density at radius 3 is 2.11 bits per heavy atom. The number of carbonyl (C=O) groups excluding carboxylic acids is 1. The predicted molar refractivity (Wildman–Crippen MR) is 77.7 cm³/mol. The zero-order chi connectivity index (χ0) is 13.1. The van der Waals surface area contributed by atoms with Crippen molar-refractivity contribution in [3.8, 4) is 0 Å². The van der Waals surface area contributed by atoms with E-state index in [0.717, 1.165) is 25.9 Å². The van der Waals surface area contributed by atoms with Crippen LogP contribution in [0.15, 0.2) is 0 Å². The third-order valence-electron chi connectivity index (χ3n) is 3.95. The molecule has 1 fully saturated rings. The van der Waals surface area contributed by atoms with Crippen LogP contribution in [-0.4, -0.2) is 23.9 Å². The molecule has 0 aliphatic carbocycles. The smallest absolute Gasteiger partial charge is 0.222 e. The SMILES string of the molecule is CCCCCCCCCCCN1CCCCC1=O. The van der Waals surface area contributed by atoms with E-state index >= 15 is 0 Å². The van der Waals surface area contributed by atoms with Gasteiger partial charge < -0.3 is 4.90 Å². The molecule has 0 saturated carbocycles. The van der Waals surface area contributed by atoms with Gasteiger partial charge >= 0.3 is 0 Å². The van der Waals surface area contributed by atoms with Crippen LogP contribution in [0.25, 0.3) is 0 Å². The van der Waals surface area contributed by atoms with Crippen molar-refractivity contribution in [1.29, 1.82) is 0 Å². The highest BCUT2D eigenvalue weighted by atomic mass is 16.2. The molecule has 0 bridgehead atoms. The summed E-state index contributed by atoms with van der Waals surface area (Å²) in [7, 11) is 0. The van der Waals surface area contributed by atoms with Crippen LogP contribution < -0.4 is 0 Å². The van der Waals surface area contributed by atoms with E-state index in [1.54, 1.807) is 0 Å². The lowest BCUT2D eigenvalue weighted by atomic mass is 10.1. The first kappa shape index (κ1) is 15.5. The third kappa shape index (κ3) is 7.03. The number of nitrogens with zero attached hydrogens (tertiary/aromatic N) is 1. The van der Waals surface area contributed by atoms with Gasteiger partial charge in [0.25, 0.3) is 0 Å². The topological polar surface area (TPSA) is 20.3 Å². The van der Waals surface area contributed by atoms with E-state index < -0.39 is 0 Å². The number of hydrogen-bond acceptors (Lipinski definition) is 1. The van der Waals surface area contributed by atoms with Gasteiger partial charge in [0.05, 0.1) is 0 Å². The van der Waals surface area contributed by atoms with Crippen molar-refractivity contribution in [1.82, 2.24) is 4.90 Å². The maximum Gasteiger partial charge on any atom is 0.222 e. The van der Waals surface area contributed by atoms with Gasteiger partial charge in [-0.1, -0.05) is 58.3 Å². The molecule has 2 nitrogen and oxygen atoms in total. The van der Waals surface area contributed by atoms with E-state index in [1.165, 1.54) is 64.2 Å². The molecule has 1 rings (SSSR count). The van der Waals surface area contributed by atoms with Gasteiger partial charge in [0, 0.05) is 19.5 Å². The predicted octanol–water partition coefficient (Wildman–Crippen LogP) is 4.53. The quantitative estimate of drug-likeness (QED) is 0.524. The monoisotopic (exact) mass is 253 g/mol. The maximum absolute atomic E-state index is 11.6. The Morgan fingerprint density at radius 2 is 1.50 bits per heavy atom. The van der Waals surface area contributed by atoms with Crippen molar-refractivity contribution >= 4 is 5.91 Å². The van der Waals surface area contributed by atoms with Crippen molar-refractivity contribution in [2.75, 3.05) is 13.1 Å². The summed E-state index contributed by atoms with van der Waals surface area (Å²) >= 11 is 0. The minimum Gasteiger partial charge on any atom is -0.343 e. The fourth-order valence-electron chi connectivity index (χ4n) is 2.71. The minimum absolute atomic E-state index is 0.390. The summed E-state index contributed by atoms with van der Waals surface area (Å²) in [5.74, 6) is 0.390. The first-order valence-corrected chi connectivity index (χ1v) is 8.12. The summed E-state index contributed by atoms with van der Waals surface area (Å²) in [5, 5.41) is 0. The van der Waals surface area contributed by atoms with Gasteiger partial charge in [-0.2, -0.15) is 0 Å². The van der Waals surface area contributed by atoms with Gasteiger partial charge in [0.2, 0.25) is 5.91 Å². The maximum atomic E-state index is 11.6. The van der Waals surface area contributed by atoms with Crippen LogP contribution in [-0.2, 0) is 4.79 Å². The molecule has 0 atom stereocenters. The van der Waals surface area contributed by atoms with Crippen LogP contribution in [0.5, 0.6) is 0 Å². The van der Waals surface area contributed by atoms with Crippen molar-refractivity contribution in [3.05, 3.63) is 0 Å². The Labute approximate surface area is 113 Å². The lowest BCUT2D eigenvalue weighted by Gasteiger charge is -2.26. The molecule has 1 aliphatic rings. The summed E-state index contributed by atoms with van der Waals surface area (Å²) in [6.45, 7) is 4.28. The van der Waals surface area contributed by atoms with Gasteiger partial charge in [0.15, 0.2) is 0 Å². The lowest BCUT2D eigenvalue weighted by Crippen LogP contribution is -2.35. The normalized spacial score (nSPS) is 16.3. The van der Waals surface area contributed by atoms with Gasteiger partial charge in [-0.25, -0.2) is 0 Å². The van der Waals surface area contributed by atoms with Crippen molar-refractivity contribution in [3.63, 3.8) is 0 Å². The number of piperidine rings is 1. The van der Waals surface area contributed by atoms with Gasteiger partial charge in [-0.05, 0) is 19.3 Å². The molecule has 0 spiro atoms. The van der Waals surface area contributed by atoms with Gasteiger partial charge in [0.1, 0.15) is 0 Å². The molecule has 18 heavy (non-hydrogen) atoms. The van der Waals surface area contributed by atoms with Crippen LogP contribution in [0.2, 0.25) is 0 Å². The lowest BCUT2D eigenvalue weighted by molar-refractivity contribution is -0.133. The Morgan fingerprint density at radius 1 is 0.889 bits per heavy atom. The van der Waals surface area contributed by atoms with E-state index in [1.807, 2.05) is 0 Å². The third-order valence-corrected chi connectivity index (χ3v) is 3.95. The highest BCUT2D eigenvalue weighted by Crippen LogP contribution is 2.13. The van der Waals surface area contributed by atoms with Crippen LogP contribution in [0.3, 0.4) is 0 Å². The van der Waals surface area contributed by atoms with Gasteiger partial charge in [-0.15, -0.1) is 0 Å². The molecule has 0 unspecified atom stereocenters. The Kier molecular flexibility index (Phi) is 8.97. The zero-order valence-electron chi connectivity index (χ0n) is 12.3. The number of amides is 1.